The fraction of sp³-hybridized carbons (Fsp3) is 0.400. The number of hydrogen-bond donors (Lipinski definition) is 2. The lowest BCUT2D eigenvalue weighted by atomic mass is 9.66. The second kappa shape index (κ2) is 6.81. The number of rotatable bonds is 4. The van der Waals surface area contributed by atoms with E-state index in [1.807, 2.05) is 30.3 Å². The zero-order chi connectivity index (χ0) is 16.3. The van der Waals surface area contributed by atoms with E-state index >= 15 is 0 Å². The molecule has 3 rings (SSSR count). The first kappa shape index (κ1) is 16.2. The third-order valence-corrected chi connectivity index (χ3v) is 5.21. The summed E-state index contributed by atoms with van der Waals surface area (Å²) in [6.07, 6.45) is 4.30. The molecule has 2 aromatic rings. The van der Waals surface area contributed by atoms with Crippen LogP contribution in [0.1, 0.15) is 30.4 Å². The van der Waals surface area contributed by atoms with Crippen molar-refractivity contribution in [2.75, 3.05) is 0 Å². The fourth-order valence-corrected chi connectivity index (χ4v) is 3.92. The lowest BCUT2D eigenvalue weighted by molar-refractivity contribution is 0.159. The van der Waals surface area contributed by atoms with Gasteiger partial charge in [-0.15, -0.1) is 0 Å². The van der Waals surface area contributed by atoms with E-state index in [2.05, 4.69) is 12.1 Å². The predicted molar refractivity (Wildman–Crippen MR) is 92.5 cm³/mol. The first-order chi connectivity index (χ1) is 11.1. The van der Waals surface area contributed by atoms with Crippen molar-refractivity contribution in [1.29, 1.82) is 0 Å². The number of hydrogen-bond acceptors (Lipinski definition) is 2. The Morgan fingerprint density at radius 1 is 1.04 bits per heavy atom. The Morgan fingerprint density at radius 3 is 2.48 bits per heavy atom. The average molecular weight is 312 g/mol. The second-order valence-electron chi connectivity index (χ2n) is 6.85. The molecule has 3 heteroatoms. The van der Waals surface area contributed by atoms with Crippen LogP contribution < -0.4 is 11.5 Å². The third kappa shape index (κ3) is 3.62. The third-order valence-electron chi connectivity index (χ3n) is 5.21. The van der Waals surface area contributed by atoms with Crippen LogP contribution in [-0.4, -0.2) is 11.6 Å². The molecule has 0 heterocycles. The molecule has 4 N–H and O–H groups in total. The number of benzene rings is 2. The summed E-state index contributed by atoms with van der Waals surface area (Å²) in [6, 6.07) is 17.3. The van der Waals surface area contributed by atoms with Crippen LogP contribution in [-0.2, 0) is 12.8 Å². The first-order valence-corrected chi connectivity index (χ1v) is 8.40. The van der Waals surface area contributed by atoms with E-state index in [4.69, 9.17) is 11.5 Å². The van der Waals surface area contributed by atoms with Crippen molar-refractivity contribution < 1.29 is 4.39 Å². The Morgan fingerprint density at radius 2 is 1.74 bits per heavy atom. The van der Waals surface area contributed by atoms with Crippen molar-refractivity contribution >= 4 is 0 Å². The van der Waals surface area contributed by atoms with E-state index in [0.717, 1.165) is 25.7 Å². The van der Waals surface area contributed by atoms with Gasteiger partial charge in [0.15, 0.2) is 0 Å². The molecule has 3 atom stereocenters. The molecule has 2 aromatic carbocycles. The minimum atomic E-state index is -0.449. The molecule has 1 fully saturated rings. The van der Waals surface area contributed by atoms with Gasteiger partial charge in [0.1, 0.15) is 5.82 Å². The molecule has 3 unspecified atom stereocenters. The summed E-state index contributed by atoms with van der Waals surface area (Å²) in [5, 5.41) is 0. The first-order valence-electron chi connectivity index (χ1n) is 8.40. The molecule has 2 nitrogen and oxygen atoms in total. The van der Waals surface area contributed by atoms with Gasteiger partial charge in [0.05, 0.1) is 0 Å². The summed E-state index contributed by atoms with van der Waals surface area (Å²) in [4.78, 5) is 0. The molecule has 122 valence electrons. The number of halogens is 1. The molecule has 1 aliphatic carbocycles. The Kier molecular flexibility index (Phi) is 4.79. The molecule has 1 aliphatic rings. The summed E-state index contributed by atoms with van der Waals surface area (Å²) in [6.45, 7) is 0. The summed E-state index contributed by atoms with van der Waals surface area (Å²) in [5.41, 5.74) is 14.7. The molecule has 23 heavy (non-hydrogen) atoms. The van der Waals surface area contributed by atoms with Crippen molar-refractivity contribution in [3.8, 4) is 0 Å². The van der Waals surface area contributed by atoms with Gasteiger partial charge in [-0.1, -0.05) is 55.0 Å². The fourth-order valence-electron chi connectivity index (χ4n) is 3.92. The monoisotopic (exact) mass is 312 g/mol. The highest BCUT2D eigenvalue weighted by Gasteiger charge is 2.41. The minimum absolute atomic E-state index is 0.0701. The van der Waals surface area contributed by atoms with Crippen LogP contribution >= 0.6 is 0 Å². The number of nitrogens with two attached hydrogens (primary N) is 2. The second-order valence-corrected chi connectivity index (χ2v) is 6.85. The smallest absolute Gasteiger partial charge is 0.126 e. The maximum atomic E-state index is 14.1. The van der Waals surface area contributed by atoms with Crippen molar-refractivity contribution in [2.45, 2.75) is 43.7 Å². The maximum Gasteiger partial charge on any atom is 0.126 e. The van der Waals surface area contributed by atoms with Crippen LogP contribution in [0.4, 0.5) is 4.39 Å². The van der Waals surface area contributed by atoms with E-state index in [9.17, 15) is 4.39 Å². The molecular formula is C20H25FN2. The largest absolute Gasteiger partial charge is 0.327 e. The van der Waals surface area contributed by atoms with Crippen LogP contribution in [0.2, 0.25) is 0 Å². The summed E-state index contributed by atoms with van der Waals surface area (Å²) in [7, 11) is 0. The van der Waals surface area contributed by atoms with Gasteiger partial charge in [-0.3, -0.25) is 0 Å². The lowest BCUT2D eigenvalue weighted by Crippen LogP contribution is -2.59. The molecule has 0 aromatic heterocycles. The predicted octanol–water partition coefficient (Wildman–Crippen LogP) is 3.44. The average Bonchev–Trinajstić information content (AvgIpc) is 2.55. The van der Waals surface area contributed by atoms with Crippen molar-refractivity contribution in [3.63, 3.8) is 0 Å². The van der Waals surface area contributed by atoms with Crippen LogP contribution in [0.3, 0.4) is 0 Å². The van der Waals surface area contributed by atoms with Gasteiger partial charge in [0.2, 0.25) is 0 Å². The van der Waals surface area contributed by atoms with Gasteiger partial charge < -0.3 is 11.5 Å². The van der Waals surface area contributed by atoms with E-state index in [0.29, 0.717) is 12.0 Å². The van der Waals surface area contributed by atoms with E-state index < -0.39 is 5.54 Å². The quantitative estimate of drug-likeness (QED) is 0.908. The zero-order valence-electron chi connectivity index (χ0n) is 13.4. The molecule has 0 bridgehead atoms. The van der Waals surface area contributed by atoms with Gasteiger partial charge in [0.25, 0.3) is 0 Å². The van der Waals surface area contributed by atoms with E-state index in [1.165, 1.54) is 11.6 Å². The Bertz CT molecular complexity index is 643. The van der Waals surface area contributed by atoms with Crippen LogP contribution in [0.15, 0.2) is 54.6 Å². The maximum absolute atomic E-state index is 14.1. The Hall–Kier alpha value is -1.71. The van der Waals surface area contributed by atoms with E-state index in [1.54, 1.807) is 6.07 Å². The van der Waals surface area contributed by atoms with Crippen molar-refractivity contribution in [2.24, 2.45) is 17.4 Å². The highest BCUT2D eigenvalue weighted by atomic mass is 19.1. The lowest BCUT2D eigenvalue weighted by Gasteiger charge is -2.45. The molecule has 0 radical (unpaired) electrons. The Balaban J connectivity index is 1.85. The van der Waals surface area contributed by atoms with Crippen molar-refractivity contribution in [1.82, 2.24) is 0 Å². The topological polar surface area (TPSA) is 52.0 Å². The normalized spacial score (nSPS) is 27.8. The highest BCUT2D eigenvalue weighted by Crippen LogP contribution is 2.36. The standard InChI is InChI=1S/C20H25FN2/c21-18-10-5-4-9-16(18)14-20(23)12-6-11-19(22)17(20)13-15-7-2-1-3-8-15/h1-5,7-10,17,19H,6,11-14,22-23H2. The zero-order valence-corrected chi connectivity index (χ0v) is 13.4. The van der Waals surface area contributed by atoms with Gasteiger partial charge in [-0.25, -0.2) is 4.39 Å². The summed E-state index contributed by atoms with van der Waals surface area (Å²) < 4.78 is 14.1. The SMILES string of the molecule is NC1CCCC(N)(Cc2ccccc2F)C1Cc1ccccc1. The highest BCUT2D eigenvalue weighted by molar-refractivity contribution is 5.23. The van der Waals surface area contributed by atoms with Gasteiger partial charge >= 0.3 is 0 Å². The van der Waals surface area contributed by atoms with Crippen LogP contribution in [0.5, 0.6) is 0 Å². The molecule has 0 aliphatic heterocycles. The molecular weight excluding hydrogens is 287 g/mol. The van der Waals surface area contributed by atoms with E-state index in [-0.39, 0.29) is 17.8 Å². The van der Waals surface area contributed by atoms with Gasteiger partial charge in [-0.2, -0.15) is 0 Å². The summed E-state index contributed by atoms with van der Waals surface area (Å²) >= 11 is 0. The Labute approximate surface area is 137 Å². The molecule has 0 saturated heterocycles. The van der Waals surface area contributed by atoms with Gasteiger partial charge in [-0.05, 0) is 48.8 Å². The van der Waals surface area contributed by atoms with Crippen LogP contribution in [0, 0.1) is 11.7 Å². The van der Waals surface area contributed by atoms with Crippen LogP contribution in [0.25, 0.3) is 0 Å². The van der Waals surface area contributed by atoms with Crippen molar-refractivity contribution in [3.05, 3.63) is 71.5 Å². The minimum Gasteiger partial charge on any atom is -0.327 e. The van der Waals surface area contributed by atoms with Gasteiger partial charge in [0, 0.05) is 11.6 Å². The summed E-state index contributed by atoms with van der Waals surface area (Å²) in [5.74, 6) is -0.00631. The molecule has 1 saturated carbocycles. The molecule has 0 spiro atoms. The molecule has 0 amide bonds.